The van der Waals surface area contributed by atoms with Crippen molar-refractivity contribution < 1.29 is 0 Å². The van der Waals surface area contributed by atoms with Gasteiger partial charge in [-0.15, -0.1) is 11.3 Å². The summed E-state index contributed by atoms with van der Waals surface area (Å²) in [5.41, 5.74) is 19.0. The number of thiophene rings is 1. The lowest BCUT2D eigenvalue weighted by Crippen LogP contribution is -2.60. The van der Waals surface area contributed by atoms with Gasteiger partial charge in [-0.1, -0.05) is 183 Å². The zero-order valence-corrected chi connectivity index (χ0v) is 41.6. The average Bonchev–Trinajstić information content (AvgIpc) is 3.73. The van der Waals surface area contributed by atoms with Gasteiger partial charge in [0, 0.05) is 48.7 Å². The molecule has 0 saturated heterocycles. The maximum Gasteiger partial charge on any atom is 0.264 e. The van der Waals surface area contributed by atoms with E-state index in [2.05, 4.69) is 247 Å². The van der Waals surface area contributed by atoms with Crippen LogP contribution >= 0.6 is 11.3 Å². The van der Waals surface area contributed by atoms with E-state index in [9.17, 15) is 0 Å². The molecule has 4 heteroatoms. The van der Waals surface area contributed by atoms with Crippen LogP contribution in [0.25, 0.3) is 64.7 Å². The molecule has 0 aliphatic carbocycles. The minimum atomic E-state index is 0.00564. The first-order valence-corrected chi connectivity index (χ1v) is 25.5. The number of nitrogens with zero attached hydrogens (tertiary/aromatic N) is 2. The van der Waals surface area contributed by atoms with Crippen LogP contribution in [0.4, 0.5) is 34.1 Å². The Balaban J connectivity index is 1.13. The zero-order valence-electron chi connectivity index (χ0n) is 40.8. The minimum absolute atomic E-state index is 0.00564. The average molecular weight is 907 g/mol. The SMILES string of the molecule is CC(C)c1ccc2c(c1)B1c3sc4ccc(C(C)(C)C)cc4c3N(c3ccc(C(C)(C)C)cc3)c3cccc(c31)N2c1c(-c2ccccc2)cccc1-c1cc2ccc3cccc4ccc(c1)c2c34. The van der Waals surface area contributed by atoms with E-state index in [0.29, 0.717) is 5.92 Å². The molecule has 0 bridgehead atoms. The first-order chi connectivity index (χ1) is 33.3. The summed E-state index contributed by atoms with van der Waals surface area (Å²) in [5.74, 6) is 0.365. The van der Waals surface area contributed by atoms with Crippen LogP contribution in [-0.2, 0) is 10.8 Å². The Hall–Kier alpha value is -7.14. The van der Waals surface area contributed by atoms with Gasteiger partial charge in [0.05, 0.1) is 11.4 Å². The molecule has 2 aliphatic heterocycles. The van der Waals surface area contributed by atoms with Gasteiger partial charge in [-0.05, 0) is 142 Å². The lowest BCUT2D eigenvalue weighted by atomic mass is 9.36. The van der Waals surface area contributed by atoms with Gasteiger partial charge in [0.25, 0.3) is 6.71 Å². The third kappa shape index (κ3) is 6.45. The summed E-state index contributed by atoms with van der Waals surface area (Å²) < 4.78 is 2.73. The molecular formula is C65H55BN2S. The van der Waals surface area contributed by atoms with E-state index in [-0.39, 0.29) is 17.5 Å². The van der Waals surface area contributed by atoms with Gasteiger partial charge in [0.2, 0.25) is 0 Å². The highest BCUT2D eigenvalue weighted by Gasteiger charge is 2.46. The number of hydrogen-bond donors (Lipinski definition) is 0. The summed E-state index contributed by atoms with van der Waals surface area (Å²) >= 11 is 1.98. The van der Waals surface area contributed by atoms with Gasteiger partial charge in [-0.3, -0.25) is 0 Å². The second-order valence-electron chi connectivity index (χ2n) is 21.9. The molecule has 334 valence electrons. The van der Waals surface area contributed by atoms with E-state index in [0.717, 1.165) is 0 Å². The van der Waals surface area contributed by atoms with E-state index >= 15 is 0 Å². The maximum absolute atomic E-state index is 2.65. The second-order valence-corrected chi connectivity index (χ2v) is 23.0. The summed E-state index contributed by atoms with van der Waals surface area (Å²) in [7, 11) is 0. The fourth-order valence-electron chi connectivity index (χ4n) is 11.7. The van der Waals surface area contributed by atoms with Crippen LogP contribution in [-0.4, -0.2) is 6.71 Å². The van der Waals surface area contributed by atoms with E-state index in [4.69, 9.17) is 0 Å². The standard InChI is InChI=1S/C65H55BN2S/c1-39(2)43-27-33-54-53(37-43)66-60-55(67(49-31-28-47(29-32-49)64(3,4)5)62-52-38-48(65(6,7)8)30-34-57(52)69-63(62)66)21-14-22-56(60)68(54)61-50(40-15-10-9-11-16-40)19-13-20-51(61)46-35-44-25-23-41-17-12-18-42-24-26-45(36-46)59(44)58(41)42/h9-39H,1-8H3. The number of fused-ring (bicyclic) bond motifs is 6. The van der Waals surface area contributed by atoms with Crippen molar-refractivity contribution in [3.63, 3.8) is 0 Å². The van der Waals surface area contributed by atoms with Gasteiger partial charge in [-0.25, -0.2) is 0 Å². The fourth-order valence-corrected chi connectivity index (χ4v) is 13.0. The van der Waals surface area contributed by atoms with Crippen LogP contribution in [0.15, 0.2) is 182 Å². The molecule has 11 aromatic rings. The summed E-state index contributed by atoms with van der Waals surface area (Å²) in [5, 5.41) is 9.11. The third-order valence-corrected chi connectivity index (χ3v) is 16.5. The highest BCUT2D eigenvalue weighted by molar-refractivity contribution is 7.33. The predicted molar refractivity (Wildman–Crippen MR) is 302 cm³/mol. The lowest BCUT2D eigenvalue weighted by Gasteiger charge is -2.44. The van der Waals surface area contributed by atoms with Gasteiger partial charge >= 0.3 is 0 Å². The molecule has 13 rings (SSSR count). The highest BCUT2D eigenvalue weighted by atomic mass is 32.1. The molecule has 0 spiro atoms. The van der Waals surface area contributed by atoms with E-state index < -0.39 is 0 Å². The van der Waals surface area contributed by atoms with Crippen molar-refractivity contribution in [2.75, 3.05) is 9.80 Å². The predicted octanol–water partition coefficient (Wildman–Crippen LogP) is 16.9. The van der Waals surface area contributed by atoms with Crippen LogP contribution in [0.3, 0.4) is 0 Å². The zero-order chi connectivity index (χ0) is 47.1. The third-order valence-electron chi connectivity index (χ3n) is 15.3. The number of hydrogen-bond acceptors (Lipinski definition) is 3. The normalized spacial score (nSPS) is 13.6. The van der Waals surface area contributed by atoms with Crippen molar-refractivity contribution in [2.45, 2.75) is 72.1 Å². The van der Waals surface area contributed by atoms with Crippen molar-refractivity contribution in [1.82, 2.24) is 0 Å². The summed E-state index contributed by atoms with van der Waals surface area (Å²) in [6.07, 6.45) is 0. The van der Waals surface area contributed by atoms with Crippen molar-refractivity contribution in [2.24, 2.45) is 0 Å². The molecule has 1 aromatic heterocycles. The fraction of sp³-hybridized carbons (Fsp3) is 0.169. The highest BCUT2D eigenvalue weighted by Crippen LogP contribution is 2.52. The molecule has 0 unspecified atom stereocenters. The van der Waals surface area contributed by atoms with Crippen molar-refractivity contribution in [1.29, 1.82) is 0 Å². The molecule has 69 heavy (non-hydrogen) atoms. The van der Waals surface area contributed by atoms with Crippen LogP contribution in [0.1, 0.15) is 78.0 Å². The molecule has 3 heterocycles. The van der Waals surface area contributed by atoms with Gasteiger partial charge in [0.15, 0.2) is 0 Å². The molecule has 0 fully saturated rings. The van der Waals surface area contributed by atoms with Gasteiger partial charge in [-0.2, -0.15) is 0 Å². The summed E-state index contributed by atoms with van der Waals surface area (Å²) in [6.45, 7) is 18.6. The molecular weight excluding hydrogens is 852 g/mol. The van der Waals surface area contributed by atoms with E-state index in [1.807, 2.05) is 11.3 Å². The van der Waals surface area contributed by atoms with Crippen LogP contribution in [0, 0.1) is 0 Å². The topological polar surface area (TPSA) is 6.48 Å². The number of rotatable bonds is 5. The van der Waals surface area contributed by atoms with Crippen LogP contribution in [0.5, 0.6) is 0 Å². The van der Waals surface area contributed by atoms with Crippen LogP contribution < -0.4 is 25.5 Å². The van der Waals surface area contributed by atoms with E-state index in [1.54, 1.807) is 0 Å². The first-order valence-electron chi connectivity index (χ1n) is 24.7. The smallest absolute Gasteiger partial charge is 0.264 e. The lowest BCUT2D eigenvalue weighted by molar-refractivity contribution is 0.590. The van der Waals surface area contributed by atoms with Gasteiger partial charge in [0.1, 0.15) is 0 Å². The molecule has 2 nitrogen and oxygen atoms in total. The Morgan fingerprint density at radius 3 is 1.72 bits per heavy atom. The van der Waals surface area contributed by atoms with Crippen LogP contribution in [0.2, 0.25) is 0 Å². The van der Waals surface area contributed by atoms with Gasteiger partial charge < -0.3 is 9.80 Å². The minimum Gasteiger partial charge on any atom is -0.310 e. The summed E-state index contributed by atoms with van der Waals surface area (Å²) in [6, 6.07) is 69.9. The monoisotopic (exact) mass is 906 g/mol. The Bertz CT molecular complexity index is 3780. The molecule has 0 saturated carbocycles. The molecule has 0 N–H and O–H groups in total. The van der Waals surface area contributed by atoms with Crippen molar-refractivity contribution in [3.05, 3.63) is 199 Å². The number of anilines is 6. The maximum atomic E-state index is 2.65. The summed E-state index contributed by atoms with van der Waals surface area (Å²) in [4.78, 5) is 5.26. The Morgan fingerprint density at radius 2 is 1.06 bits per heavy atom. The Labute approximate surface area is 410 Å². The quantitative estimate of drug-likeness (QED) is 0.125. The number of benzene rings is 10. The Morgan fingerprint density at radius 1 is 0.464 bits per heavy atom. The number of para-hydroxylation sites is 1. The second kappa shape index (κ2) is 15.2. The molecule has 0 amide bonds. The first kappa shape index (κ1) is 42.0. The molecule has 10 aromatic carbocycles. The van der Waals surface area contributed by atoms with E-state index in [1.165, 1.54) is 131 Å². The van der Waals surface area contributed by atoms with Crippen molar-refractivity contribution in [3.8, 4) is 22.3 Å². The molecule has 0 atom stereocenters. The Kier molecular flexibility index (Phi) is 9.24. The molecule has 2 aliphatic rings. The molecule has 0 radical (unpaired) electrons. The largest absolute Gasteiger partial charge is 0.310 e. The van der Waals surface area contributed by atoms with Crippen molar-refractivity contribution >= 4 is 110 Å².